The number of halogens is 1. The highest BCUT2D eigenvalue weighted by atomic mass is 35.5. The van der Waals surface area contributed by atoms with Crippen LogP contribution < -0.4 is 16.0 Å². The zero-order valence-corrected chi connectivity index (χ0v) is 14.3. The first-order valence-electron chi connectivity index (χ1n) is 7.43. The van der Waals surface area contributed by atoms with Crippen LogP contribution >= 0.6 is 22.9 Å². The lowest BCUT2D eigenvalue weighted by molar-refractivity contribution is 0.0935. The lowest BCUT2D eigenvalue weighted by Gasteiger charge is -2.33. The highest BCUT2D eigenvalue weighted by molar-refractivity contribution is 7.13. The van der Waals surface area contributed by atoms with Crippen LogP contribution in [-0.2, 0) is 0 Å². The Bertz CT molecular complexity index is 691. The van der Waals surface area contributed by atoms with E-state index in [1.54, 1.807) is 6.07 Å². The van der Waals surface area contributed by atoms with E-state index in [1.807, 2.05) is 19.1 Å². The van der Waals surface area contributed by atoms with Crippen molar-refractivity contribution >= 4 is 40.6 Å². The zero-order chi connectivity index (χ0) is 16.4. The Morgan fingerprint density at radius 3 is 2.74 bits per heavy atom. The molecule has 0 bridgehead atoms. The lowest BCUT2D eigenvalue weighted by Crippen LogP contribution is -2.44. The smallest absolute Gasteiger partial charge is 0.261 e. The van der Waals surface area contributed by atoms with Crippen molar-refractivity contribution in [2.75, 3.05) is 23.7 Å². The maximum absolute atomic E-state index is 12.2. The van der Waals surface area contributed by atoms with Crippen molar-refractivity contribution < 1.29 is 4.79 Å². The van der Waals surface area contributed by atoms with Gasteiger partial charge in [-0.3, -0.25) is 4.79 Å². The van der Waals surface area contributed by atoms with E-state index in [2.05, 4.69) is 20.2 Å². The van der Waals surface area contributed by atoms with E-state index in [9.17, 15) is 4.79 Å². The number of nitrogens with zero attached hydrogens (tertiary/aromatic N) is 3. The molecule has 1 aliphatic rings. The highest BCUT2D eigenvalue weighted by Gasteiger charge is 2.23. The third-order valence-electron chi connectivity index (χ3n) is 3.82. The van der Waals surface area contributed by atoms with Crippen molar-refractivity contribution in [3.63, 3.8) is 0 Å². The minimum absolute atomic E-state index is 0.0101. The van der Waals surface area contributed by atoms with Gasteiger partial charge in [0.25, 0.3) is 5.91 Å². The van der Waals surface area contributed by atoms with Crippen molar-refractivity contribution in [3.05, 3.63) is 33.1 Å². The zero-order valence-electron chi connectivity index (χ0n) is 12.8. The van der Waals surface area contributed by atoms with Crippen LogP contribution in [0.1, 0.15) is 27.4 Å². The van der Waals surface area contributed by atoms with Gasteiger partial charge in [-0.25, -0.2) is 4.98 Å². The van der Waals surface area contributed by atoms with Gasteiger partial charge in [0.1, 0.15) is 11.0 Å². The molecule has 0 unspecified atom stereocenters. The van der Waals surface area contributed by atoms with Crippen LogP contribution in [0.4, 0.5) is 11.8 Å². The topological polar surface area (TPSA) is 84.1 Å². The van der Waals surface area contributed by atoms with Crippen molar-refractivity contribution in [1.29, 1.82) is 0 Å². The summed E-state index contributed by atoms with van der Waals surface area (Å²) in [6, 6.07) is 5.73. The highest BCUT2D eigenvalue weighted by Crippen LogP contribution is 2.22. The van der Waals surface area contributed by atoms with Crippen molar-refractivity contribution in [2.45, 2.75) is 25.8 Å². The molecule has 0 aliphatic carbocycles. The van der Waals surface area contributed by atoms with E-state index in [4.69, 9.17) is 17.3 Å². The third kappa shape index (κ3) is 3.92. The van der Waals surface area contributed by atoms with E-state index < -0.39 is 0 Å². The van der Waals surface area contributed by atoms with Gasteiger partial charge in [0, 0.05) is 30.1 Å². The summed E-state index contributed by atoms with van der Waals surface area (Å²) in [6.45, 7) is 3.58. The summed E-state index contributed by atoms with van der Waals surface area (Å²) in [7, 11) is 0. The van der Waals surface area contributed by atoms with Gasteiger partial charge in [-0.05, 0) is 31.9 Å². The van der Waals surface area contributed by atoms with Crippen molar-refractivity contribution in [3.8, 4) is 0 Å². The van der Waals surface area contributed by atoms with Crippen LogP contribution in [-0.4, -0.2) is 35.0 Å². The van der Waals surface area contributed by atoms with Crippen LogP contribution in [0.15, 0.2) is 18.2 Å². The molecule has 1 fully saturated rings. The number of hydrogen-bond donors (Lipinski definition) is 2. The minimum atomic E-state index is 0.0101. The first-order chi connectivity index (χ1) is 11.0. The predicted molar refractivity (Wildman–Crippen MR) is 93.2 cm³/mol. The molecule has 1 amide bonds. The molecule has 8 heteroatoms. The molecular weight excluding hydrogens is 334 g/mol. The van der Waals surface area contributed by atoms with Gasteiger partial charge in [-0.1, -0.05) is 11.6 Å². The van der Waals surface area contributed by atoms with Gasteiger partial charge in [-0.2, -0.15) is 4.98 Å². The van der Waals surface area contributed by atoms with E-state index in [1.165, 1.54) is 11.3 Å². The van der Waals surface area contributed by atoms with Gasteiger partial charge in [0.15, 0.2) is 0 Å². The number of piperidine rings is 1. The SMILES string of the molecule is Cc1ccc(C(=O)NC2CCN(c3cc(Cl)nc(N)n3)CC2)s1. The molecule has 2 aromatic heterocycles. The molecule has 0 spiro atoms. The van der Waals surface area contributed by atoms with Gasteiger partial charge >= 0.3 is 0 Å². The number of aromatic nitrogens is 2. The summed E-state index contributed by atoms with van der Waals surface area (Å²) in [5.41, 5.74) is 5.64. The van der Waals surface area contributed by atoms with Crippen LogP contribution in [0.3, 0.4) is 0 Å². The normalized spacial score (nSPS) is 15.7. The summed E-state index contributed by atoms with van der Waals surface area (Å²) >= 11 is 7.44. The van der Waals surface area contributed by atoms with Crippen LogP contribution in [0.2, 0.25) is 5.15 Å². The second-order valence-electron chi connectivity index (χ2n) is 5.55. The van der Waals surface area contributed by atoms with Crippen molar-refractivity contribution in [1.82, 2.24) is 15.3 Å². The third-order valence-corrected chi connectivity index (χ3v) is 5.01. The number of nitrogen functional groups attached to an aromatic ring is 1. The molecule has 0 aromatic carbocycles. The monoisotopic (exact) mass is 351 g/mol. The van der Waals surface area contributed by atoms with Crippen LogP contribution in [0, 0.1) is 6.92 Å². The number of nitrogens with two attached hydrogens (primary N) is 1. The molecule has 3 rings (SSSR count). The average Bonchev–Trinajstić information content (AvgIpc) is 2.94. The molecule has 1 saturated heterocycles. The number of aryl methyl sites for hydroxylation is 1. The first kappa shape index (κ1) is 16.0. The maximum Gasteiger partial charge on any atom is 0.261 e. The standard InChI is InChI=1S/C15H18ClN5OS/c1-9-2-3-11(23-9)14(22)18-10-4-6-21(7-5-10)13-8-12(16)19-15(17)20-13/h2-3,8,10H,4-7H2,1H3,(H,18,22)(H2,17,19,20). The molecule has 6 nitrogen and oxygen atoms in total. The predicted octanol–water partition coefficient (Wildman–Crippen LogP) is 2.48. The Balaban J connectivity index is 1.57. The summed E-state index contributed by atoms with van der Waals surface area (Å²) in [4.78, 5) is 24.3. The van der Waals surface area contributed by atoms with Crippen molar-refractivity contribution in [2.24, 2.45) is 0 Å². The van der Waals surface area contributed by atoms with Crippen LogP contribution in [0.5, 0.6) is 0 Å². The molecule has 122 valence electrons. The number of thiophene rings is 1. The Morgan fingerprint density at radius 2 is 2.13 bits per heavy atom. The fourth-order valence-corrected chi connectivity index (χ4v) is 3.61. The van der Waals surface area contributed by atoms with E-state index in [0.717, 1.165) is 41.5 Å². The fraction of sp³-hybridized carbons (Fsp3) is 0.400. The number of rotatable bonds is 3. The summed E-state index contributed by atoms with van der Waals surface area (Å²) in [6.07, 6.45) is 1.72. The number of amides is 1. The average molecular weight is 352 g/mol. The van der Waals surface area contributed by atoms with Gasteiger partial charge < -0.3 is 16.0 Å². The number of anilines is 2. The number of hydrogen-bond acceptors (Lipinski definition) is 6. The number of nitrogens with one attached hydrogen (secondary N) is 1. The Morgan fingerprint density at radius 1 is 1.39 bits per heavy atom. The second kappa shape index (κ2) is 6.72. The molecule has 23 heavy (non-hydrogen) atoms. The molecule has 3 heterocycles. The van der Waals surface area contributed by atoms with E-state index in [0.29, 0.717) is 5.15 Å². The molecule has 2 aromatic rings. The van der Waals surface area contributed by atoms with Gasteiger partial charge in [0.05, 0.1) is 4.88 Å². The largest absolute Gasteiger partial charge is 0.368 e. The Kier molecular flexibility index (Phi) is 4.68. The Hall–Kier alpha value is -1.86. The number of carbonyl (C=O) groups excluding carboxylic acids is 1. The fourth-order valence-electron chi connectivity index (χ4n) is 2.65. The van der Waals surface area contributed by atoms with E-state index in [-0.39, 0.29) is 17.9 Å². The quantitative estimate of drug-likeness (QED) is 0.830. The Labute approximate surface area is 143 Å². The molecule has 0 radical (unpaired) electrons. The minimum Gasteiger partial charge on any atom is -0.368 e. The summed E-state index contributed by atoms with van der Waals surface area (Å²) in [5.74, 6) is 0.924. The molecular formula is C15H18ClN5OS. The first-order valence-corrected chi connectivity index (χ1v) is 8.63. The number of carbonyl (C=O) groups is 1. The molecule has 3 N–H and O–H groups in total. The second-order valence-corrected chi connectivity index (χ2v) is 7.23. The molecule has 0 atom stereocenters. The maximum atomic E-state index is 12.2. The van der Waals surface area contributed by atoms with Gasteiger partial charge in [-0.15, -0.1) is 11.3 Å². The van der Waals surface area contributed by atoms with Gasteiger partial charge in [0.2, 0.25) is 5.95 Å². The molecule has 0 saturated carbocycles. The van der Waals surface area contributed by atoms with E-state index >= 15 is 0 Å². The van der Waals surface area contributed by atoms with Crippen LogP contribution in [0.25, 0.3) is 0 Å². The summed E-state index contributed by atoms with van der Waals surface area (Å²) < 4.78 is 0. The molecule has 1 aliphatic heterocycles. The lowest BCUT2D eigenvalue weighted by atomic mass is 10.0. The summed E-state index contributed by atoms with van der Waals surface area (Å²) in [5, 5.41) is 3.45.